The van der Waals surface area contributed by atoms with Crippen LogP contribution in [0.25, 0.3) is 10.8 Å². The Bertz CT molecular complexity index is 1330. The number of anilines is 1. The van der Waals surface area contributed by atoms with Crippen molar-refractivity contribution >= 4 is 57.5 Å². The lowest BCUT2D eigenvalue weighted by molar-refractivity contribution is 0.0952. The number of carbonyl (C=O) groups excluding carboxylic acids is 1. The van der Waals surface area contributed by atoms with E-state index in [-0.39, 0.29) is 12.5 Å². The van der Waals surface area contributed by atoms with Gasteiger partial charge in [0.25, 0.3) is 5.91 Å². The van der Waals surface area contributed by atoms with Gasteiger partial charge in [-0.15, -0.1) is 0 Å². The molecule has 32 heavy (non-hydrogen) atoms. The number of nitrogens with one attached hydrogen (secondary N) is 2. The van der Waals surface area contributed by atoms with Gasteiger partial charge in [0, 0.05) is 32.4 Å². The topological polar surface area (TPSA) is 64.9 Å². The highest BCUT2D eigenvalue weighted by Crippen LogP contribution is 2.32. The molecule has 0 bridgehead atoms. The van der Waals surface area contributed by atoms with Gasteiger partial charge in [-0.2, -0.15) is 5.26 Å². The maximum atomic E-state index is 12.9. The summed E-state index contributed by atoms with van der Waals surface area (Å²) in [6.45, 7) is 0.280. The molecule has 0 unspecified atom stereocenters. The molecule has 0 aliphatic heterocycles. The molecule has 7 heteroatoms. The SMILES string of the molecule is N#Cc1ccccc1CNC(=O)c1cccc2c(NSc3cc(Cl)cc(Cl)c3)cccc12. The van der Waals surface area contributed by atoms with Gasteiger partial charge in [-0.3, -0.25) is 4.79 Å². The van der Waals surface area contributed by atoms with Gasteiger partial charge in [0.15, 0.2) is 0 Å². The van der Waals surface area contributed by atoms with Crippen molar-refractivity contribution in [1.29, 1.82) is 5.26 Å². The summed E-state index contributed by atoms with van der Waals surface area (Å²) in [6.07, 6.45) is 0. The molecule has 4 aromatic rings. The molecule has 4 rings (SSSR count). The van der Waals surface area contributed by atoms with Crippen molar-refractivity contribution in [2.45, 2.75) is 11.4 Å². The van der Waals surface area contributed by atoms with E-state index in [1.54, 1.807) is 24.3 Å². The molecule has 0 aliphatic rings. The van der Waals surface area contributed by atoms with Crippen molar-refractivity contribution in [3.63, 3.8) is 0 Å². The summed E-state index contributed by atoms with van der Waals surface area (Å²) in [7, 11) is 0. The molecule has 0 fully saturated rings. The van der Waals surface area contributed by atoms with E-state index in [1.807, 2.05) is 54.6 Å². The number of halogens is 2. The van der Waals surface area contributed by atoms with Crippen LogP contribution >= 0.6 is 35.1 Å². The Kier molecular flexibility index (Phi) is 6.87. The minimum Gasteiger partial charge on any atom is -0.348 e. The lowest BCUT2D eigenvalue weighted by Crippen LogP contribution is -2.23. The fourth-order valence-corrected chi connectivity index (χ4v) is 4.79. The van der Waals surface area contributed by atoms with Crippen molar-refractivity contribution < 1.29 is 4.79 Å². The maximum absolute atomic E-state index is 12.9. The molecule has 0 saturated heterocycles. The first-order valence-corrected chi connectivity index (χ1v) is 11.3. The molecular weight excluding hydrogens is 461 g/mol. The third-order valence-corrected chi connectivity index (χ3v) is 6.09. The molecular formula is C25H17Cl2N3OS. The van der Waals surface area contributed by atoms with Crippen LogP contribution < -0.4 is 10.0 Å². The van der Waals surface area contributed by atoms with Crippen LogP contribution in [-0.2, 0) is 6.54 Å². The monoisotopic (exact) mass is 477 g/mol. The normalized spacial score (nSPS) is 10.5. The fraction of sp³-hybridized carbons (Fsp3) is 0.0400. The van der Waals surface area contributed by atoms with E-state index in [0.29, 0.717) is 21.2 Å². The Morgan fingerprint density at radius 3 is 2.41 bits per heavy atom. The molecule has 2 N–H and O–H groups in total. The van der Waals surface area contributed by atoms with Gasteiger partial charge in [-0.05, 0) is 59.3 Å². The molecule has 0 aliphatic carbocycles. The molecule has 0 spiro atoms. The lowest BCUT2D eigenvalue weighted by atomic mass is 10.0. The zero-order valence-electron chi connectivity index (χ0n) is 16.7. The van der Waals surface area contributed by atoms with Crippen LogP contribution in [0.4, 0.5) is 5.69 Å². The quantitative estimate of drug-likeness (QED) is 0.291. The number of hydrogen-bond acceptors (Lipinski definition) is 4. The first kappa shape index (κ1) is 22.0. The predicted molar refractivity (Wildman–Crippen MR) is 132 cm³/mol. The van der Waals surface area contributed by atoms with Crippen LogP contribution in [-0.4, -0.2) is 5.91 Å². The summed E-state index contributed by atoms with van der Waals surface area (Å²) in [6, 6.07) is 26.1. The number of hydrogen-bond donors (Lipinski definition) is 2. The van der Waals surface area contributed by atoms with Gasteiger partial charge in [0.1, 0.15) is 0 Å². The van der Waals surface area contributed by atoms with Crippen molar-refractivity contribution in [3.05, 3.63) is 106 Å². The smallest absolute Gasteiger partial charge is 0.252 e. The van der Waals surface area contributed by atoms with Crippen LogP contribution in [0, 0.1) is 11.3 Å². The summed E-state index contributed by atoms with van der Waals surface area (Å²) in [5.41, 5.74) is 2.77. The average molecular weight is 478 g/mol. The lowest BCUT2D eigenvalue weighted by Gasteiger charge is -2.13. The molecule has 0 atom stereocenters. The molecule has 4 nitrogen and oxygen atoms in total. The van der Waals surface area contributed by atoms with Crippen LogP contribution in [0.5, 0.6) is 0 Å². The summed E-state index contributed by atoms with van der Waals surface area (Å²) in [4.78, 5) is 13.8. The number of carbonyl (C=O) groups is 1. The highest BCUT2D eigenvalue weighted by atomic mass is 35.5. The molecule has 0 aromatic heterocycles. The molecule has 4 aromatic carbocycles. The second kappa shape index (κ2) is 9.97. The zero-order chi connectivity index (χ0) is 22.5. The van der Waals surface area contributed by atoms with Gasteiger partial charge >= 0.3 is 0 Å². The molecule has 0 saturated carbocycles. The number of benzene rings is 4. The Morgan fingerprint density at radius 1 is 0.906 bits per heavy atom. The molecule has 0 heterocycles. The third-order valence-electron chi connectivity index (χ3n) is 4.86. The van der Waals surface area contributed by atoms with Crippen molar-refractivity contribution in [1.82, 2.24) is 5.32 Å². The van der Waals surface area contributed by atoms with Crippen molar-refractivity contribution in [2.75, 3.05) is 4.72 Å². The highest BCUT2D eigenvalue weighted by molar-refractivity contribution is 8.00. The fourth-order valence-electron chi connectivity index (χ4n) is 3.35. The number of amides is 1. The number of nitrogens with zero attached hydrogens (tertiary/aromatic N) is 1. The molecule has 0 radical (unpaired) electrons. The Morgan fingerprint density at radius 2 is 1.62 bits per heavy atom. The van der Waals surface area contributed by atoms with Gasteiger partial charge in [-0.25, -0.2) is 0 Å². The van der Waals surface area contributed by atoms with E-state index in [1.165, 1.54) is 11.9 Å². The number of fused-ring (bicyclic) bond motifs is 1. The highest BCUT2D eigenvalue weighted by Gasteiger charge is 2.12. The van der Waals surface area contributed by atoms with Crippen LogP contribution in [0.15, 0.2) is 83.8 Å². The minimum atomic E-state index is -0.199. The van der Waals surface area contributed by atoms with Crippen molar-refractivity contribution in [3.8, 4) is 6.07 Å². The Balaban J connectivity index is 1.56. The zero-order valence-corrected chi connectivity index (χ0v) is 19.1. The van der Waals surface area contributed by atoms with E-state index in [0.717, 1.165) is 26.9 Å². The summed E-state index contributed by atoms with van der Waals surface area (Å²) < 4.78 is 3.33. The number of nitriles is 1. The first-order valence-electron chi connectivity index (χ1n) is 9.72. The first-order chi connectivity index (χ1) is 15.5. The van der Waals surface area contributed by atoms with E-state index in [4.69, 9.17) is 23.2 Å². The summed E-state index contributed by atoms with van der Waals surface area (Å²) in [5, 5.41) is 15.1. The van der Waals surface area contributed by atoms with Crippen LogP contribution in [0.2, 0.25) is 10.0 Å². The average Bonchev–Trinajstić information content (AvgIpc) is 2.80. The van der Waals surface area contributed by atoms with E-state index in [9.17, 15) is 10.1 Å². The van der Waals surface area contributed by atoms with Gasteiger partial charge in [0.05, 0.1) is 17.3 Å². The van der Waals surface area contributed by atoms with Crippen LogP contribution in [0.3, 0.4) is 0 Å². The van der Waals surface area contributed by atoms with E-state index in [2.05, 4.69) is 16.1 Å². The summed E-state index contributed by atoms with van der Waals surface area (Å²) in [5.74, 6) is -0.199. The second-order valence-corrected chi connectivity index (χ2v) is 8.72. The summed E-state index contributed by atoms with van der Waals surface area (Å²) >= 11 is 13.6. The molecule has 158 valence electrons. The standard InChI is InChI=1S/C25H17Cl2N3OS/c26-18-11-19(27)13-20(12-18)32-30-24-10-4-7-21-22(24)8-3-9-23(21)25(31)29-15-17-6-2-1-5-16(17)14-28/h1-13,30H,15H2,(H,29,31). The van der Waals surface area contributed by atoms with Gasteiger partial charge in [0.2, 0.25) is 0 Å². The van der Waals surface area contributed by atoms with Gasteiger partial charge in [-0.1, -0.05) is 65.7 Å². The largest absolute Gasteiger partial charge is 0.348 e. The Hall–Kier alpha value is -3.17. The minimum absolute atomic E-state index is 0.199. The van der Waals surface area contributed by atoms with Crippen molar-refractivity contribution in [2.24, 2.45) is 0 Å². The van der Waals surface area contributed by atoms with Gasteiger partial charge < -0.3 is 10.0 Å². The maximum Gasteiger partial charge on any atom is 0.252 e. The third kappa shape index (κ3) is 5.00. The number of rotatable bonds is 6. The van der Waals surface area contributed by atoms with Crippen LogP contribution in [0.1, 0.15) is 21.5 Å². The van der Waals surface area contributed by atoms with E-state index < -0.39 is 0 Å². The molecule has 1 amide bonds. The predicted octanol–water partition coefficient (Wildman–Crippen LogP) is 7.07. The second-order valence-electron chi connectivity index (χ2n) is 6.97. The van der Waals surface area contributed by atoms with E-state index >= 15 is 0 Å². The Labute approximate surface area is 200 Å².